The maximum Gasteiger partial charge on any atom is 0.328 e. The van der Waals surface area contributed by atoms with E-state index < -0.39 is 17.3 Å². The molecule has 12 heavy (non-hydrogen) atoms. The van der Waals surface area contributed by atoms with Crippen molar-refractivity contribution >= 4 is 23.5 Å². The molecule has 0 spiro atoms. The number of ether oxygens (including phenoxy) is 1. The van der Waals surface area contributed by atoms with E-state index in [1.165, 1.54) is 6.08 Å². The summed E-state index contributed by atoms with van der Waals surface area (Å²) in [5, 5.41) is -0.947. The minimum Gasteiger partial charge on any atom is -0.465 e. The van der Waals surface area contributed by atoms with E-state index in [1.807, 2.05) is 0 Å². The SMILES string of the molecule is CCOC(=O)C(Cl)/C=C/C(N)=O. The van der Waals surface area contributed by atoms with Gasteiger partial charge >= 0.3 is 5.97 Å². The number of esters is 1. The van der Waals surface area contributed by atoms with Crippen LogP contribution in [0.3, 0.4) is 0 Å². The molecule has 5 heteroatoms. The topological polar surface area (TPSA) is 69.4 Å². The molecule has 0 aliphatic rings. The van der Waals surface area contributed by atoms with Gasteiger partial charge in [-0.05, 0) is 6.92 Å². The number of amides is 1. The summed E-state index contributed by atoms with van der Waals surface area (Å²) < 4.78 is 4.56. The molecule has 0 saturated heterocycles. The van der Waals surface area contributed by atoms with Crippen molar-refractivity contribution in [2.45, 2.75) is 12.3 Å². The summed E-state index contributed by atoms with van der Waals surface area (Å²) >= 11 is 5.49. The van der Waals surface area contributed by atoms with Crippen molar-refractivity contribution in [2.24, 2.45) is 5.73 Å². The molecule has 0 aromatic rings. The lowest BCUT2D eigenvalue weighted by Gasteiger charge is -2.02. The van der Waals surface area contributed by atoms with Crippen LogP contribution in [0, 0.1) is 0 Å². The highest BCUT2D eigenvalue weighted by atomic mass is 35.5. The van der Waals surface area contributed by atoms with Crippen LogP contribution < -0.4 is 5.73 Å². The van der Waals surface area contributed by atoms with Crippen LogP contribution in [0.4, 0.5) is 0 Å². The zero-order chi connectivity index (χ0) is 9.56. The Morgan fingerprint density at radius 1 is 1.67 bits per heavy atom. The third-order valence-corrected chi connectivity index (χ3v) is 1.26. The first-order valence-electron chi connectivity index (χ1n) is 3.36. The lowest BCUT2D eigenvalue weighted by molar-refractivity contribution is -0.141. The van der Waals surface area contributed by atoms with Crippen molar-refractivity contribution in [3.8, 4) is 0 Å². The number of alkyl halides is 1. The third kappa shape index (κ3) is 4.73. The van der Waals surface area contributed by atoms with Crippen molar-refractivity contribution in [1.29, 1.82) is 0 Å². The van der Waals surface area contributed by atoms with E-state index in [4.69, 9.17) is 17.3 Å². The Hall–Kier alpha value is -1.03. The minimum atomic E-state index is -0.947. The summed E-state index contributed by atoms with van der Waals surface area (Å²) in [5.74, 6) is -1.23. The lowest BCUT2D eigenvalue weighted by Crippen LogP contribution is -2.16. The average Bonchev–Trinajstić information content (AvgIpc) is 2.00. The van der Waals surface area contributed by atoms with Gasteiger partial charge in [0.2, 0.25) is 5.91 Å². The van der Waals surface area contributed by atoms with Crippen molar-refractivity contribution in [1.82, 2.24) is 0 Å². The molecule has 0 aromatic heterocycles. The molecule has 0 bridgehead atoms. The molecule has 0 heterocycles. The summed E-state index contributed by atoms with van der Waals surface area (Å²) in [6.45, 7) is 1.92. The number of carbonyl (C=O) groups excluding carboxylic acids is 2. The van der Waals surface area contributed by atoms with Gasteiger partial charge in [0.15, 0.2) is 0 Å². The normalized spacial score (nSPS) is 12.8. The van der Waals surface area contributed by atoms with Crippen LogP contribution in [-0.2, 0) is 14.3 Å². The first-order chi connectivity index (χ1) is 5.57. The molecule has 1 amide bonds. The number of hydrogen-bond donors (Lipinski definition) is 1. The predicted octanol–water partition coefficient (Wildman–Crippen LogP) is 0.198. The zero-order valence-corrected chi connectivity index (χ0v) is 7.38. The summed E-state index contributed by atoms with van der Waals surface area (Å²) in [4.78, 5) is 21.0. The minimum absolute atomic E-state index is 0.256. The van der Waals surface area contributed by atoms with E-state index in [1.54, 1.807) is 6.92 Å². The maximum atomic E-state index is 10.8. The van der Waals surface area contributed by atoms with E-state index in [0.29, 0.717) is 0 Å². The quantitative estimate of drug-likeness (QED) is 0.392. The van der Waals surface area contributed by atoms with Crippen LogP contribution in [0.15, 0.2) is 12.2 Å². The number of carbonyl (C=O) groups is 2. The van der Waals surface area contributed by atoms with Gasteiger partial charge in [0.05, 0.1) is 6.61 Å². The Morgan fingerprint density at radius 2 is 2.25 bits per heavy atom. The van der Waals surface area contributed by atoms with Crippen molar-refractivity contribution in [3.05, 3.63) is 12.2 Å². The van der Waals surface area contributed by atoms with E-state index in [-0.39, 0.29) is 6.61 Å². The summed E-state index contributed by atoms with van der Waals surface area (Å²) in [6, 6.07) is 0. The van der Waals surface area contributed by atoms with E-state index in [2.05, 4.69) is 4.74 Å². The number of primary amides is 1. The Bertz CT molecular complexity index is 203. The maximum absolute atomic E-state index is 10.8. The first-order valence-corrected chi connectivity index (χ1v) is 3.80. The summed E-state index contributed by atoms with van der Waals surface area (Å²) in [6.07, 6.45) is 2.20. The molecule has 68 valence electrons. The molecule has 0 aliphatic heterocycles. The molecular formula is C7H10ClNO3. The molecule has 0 aliphatic carbocycles. The molecular weight excluding hydrogens is 182 g/mol. The lowest BCUT2D eigenvalue weighted by atomic mass is 10.3. The Labute approximate surface area is 75.3 Å². The summed E-state index contributed by atoms with van der Waals surface area (Å²) in [5.41, 5.74) is 4.78. The standard InChI is InChI=1S/C7H10ClNO3/c1-2-12-7(11)5(8)3-4-6(9)10/h3-5H,2H2,1H3,(H2,9,10)/b4-3+. The molecule has 0 rings (SSSR count). The largest absolute Gasteiger partial charge is 0.465 e. The van der Waals surface area contributed by atoms with E-state index in [0.717, 1.165) is 6.08 Å². The second kappa shape index (κ2) is 5.60. The number of rotatable bonds is 4. The van der Waals surface area contributed by atoms with Gasteiger partial charge in [-0.2, -0.15) is 0 Å². The Balaban J connectivity index is 3.94. The van der Waals surface area contributed by atoms with Crippen LogP contribution in [0.1, 0.15) is 6.92 Å². The first kappa shape index (κ1) is 11.0. The molecule has 0 fully saturated rings. The second-order valence-electron chi connectivity index (χ2n) is 1.92. The van der Waals surface area contributed by atoms with Gasteiger partial charge in [0, 0.05) is 6.08 Å². The van der Waals surface area contributed by atoms with Gasteiger partial charge in [0.1, 0.15) is 5.38 Å². The van der Waals surface area contributed by atoms with Crippen molar-refractivity contribution in [2.75, 3.05) is 6.61 Å². The predicted molar refractivity (Wildman–Crippen MR) is 44.6 cm³/mol. The van der Waals surface area contributed by atoms with Gasteiger partial charge in [-0.3, -0.25) is 9.59 Å². The molecule has 2 N–H and O–H groups in total. The van der Waals surface area contributed by atoms with E-state index in [9.17, 15) is 9.59 Å². The van der Waals surface area contributed by atoms with Crippen LogP contribution in [-0.4, -0.2) is 23.9 Å². The van der Waals surface area contributed by atoms with Crippen molar-refractivity contribution < 1.29 is 14.3 Å². The van der Waals surface area contributed by atoms with Crippen LogP contribution >= 0.6 is 11.6 Å². The van der Waals surface area contributed by atoms with Gasteiger partial charge in [-0.1, -0.05) is 6.08 Å². The monoisotopic (exact) mass is 191 g/mol. The molecule has 0 radical (unpaired) electrons. The molecule has 4 nitrogen and oxygen atoms in total. The summed E-state index contributed by atoms with van der Waals surface area (Å²) in [7, 11) is 0. The van der Waals surface area contributed by atoms with Gasteiger partial charge in [-0.25, -0.2) is 0 Å². The van der Waals surface area contributed by atoms with E-state index >= 15 is 0 Å². The van der Waals surface area contributed by atoms with Gasteiger partial charge in [0.25, 0.3) is 0 Å². The molecule has 0 aromatic carbocycles. The van der Waals surface area contributed by atoms with Crippen LogP contribution in [0.25, 0.3) is 0 Å². The fourth-order valence-electron chi connectivity index (χ4n) is 0.480. The van der Waals surface area contributed by atoms with Gasteiger partial charge in [-0.15, -0.1) is 11.6 Å². The van der Waals surface area contributed by atoms with Gasteiger partial charge < -0.3 is 10.5 Å². The van der Waals surface area contributed by atoms with Crippen molar-refractivity contribution in [3.63, 3.8) is 0 Å². The highest BCUT2D eigenvalue weighted by molar-refractivity contribution is 6.31. The fourth-order valence-corrected chi connectivity index (χ4v) is 0.615. The van der Waals surface area contributed by atoms with Crippen LogP contribution in [0.2, 0.25) is 0 Å². The smallest absolute Gasteiger partial charge is 0.328 e. The zero-order valence-electron chi connectivity index (χ0n) is 6.62. The Kier molecular flexibility index (Phi) is 5.12. The second-order valence-corrected chi connectivity index (χ2v) is 2.39. The third-order valence-electron chi connectivity index (χ3n) is 0.941. The average molecular weight is 192 g/mol. The van der Waals surface area contributed by atoms with Crippen LogP contribution in [0.5, 0.6) is 0 Å². The number of nitrogens with two attached hydrogens (primary N) is 1. The highest BCUT2D eigenvalue weighted by Crippen LogP contribution is 2.00. The Morgan fingerprint density at radius 3 is 2.67 bits per heavy atom. The fraction of sp³-hybridized carbons (Fsp3) is 0.429. The number of hydrogen-bond acceptors (Lipinski definition) is 3. The number of halogens is 1. The molecule has 1 atom stereocenters. The molecule has 0 saturated carbocycles. The highest BCUT2D eigenvalue weighted by Gasteiger charge is 2.12. The molecule has 1 unspecified atom stereocenters.